The van der Waals surface area contributed by atoms with Crippen molar-refractivity contribution >= 4 is 39.5 Å². The van der Waals surface area contributed by atoms with Crippen LogP contribution in [0.1, 0.15) is 394 Å². The lowest BCUT2D eigenvalue weighted by atomic mass is 9.99. The lowest BCUT2D eigenvalue weighted by molar-refractivity contribution is -0.161. The number of phosphoric ester groups is 2. The molecule has 558 valence electrons. The molecule has 0 amide bonds. The number of hydrogen-bond acceptors (Lipinski definition) is 15. The number of hydrogen-bond donors (Lipinski definition) is 3. The third-order valence-electron chi connectivity index (χ3n) is 17.9. The van der Waals surface area contributed by atoms with Gasteiger partial charge in [0.05, 0.1) is 26.4 Å². The van der Waals surface area contributed by atoms with Gasteiger partial charge in [-0.25, -0.2) is 9.13 Å². The normalized spacial score (nSPS) is 14.3. The number of ether oxygens (including phenoxy) is 4. The van der Waals surface area contributed by atoms with Crippen molar-refractivity contribution < 1.29 is 80.2 Å². The maximum Gasteiger partial charge on any atom is 0.472 e. The summed E-state index contributed by atoms with van der Waals surface area (Å²) in [6.07, 6.45) is 56.7. The van der Waals surface area contributed by atoms with Crippen LogP contribution in [0.25, 0.3) is 0 Å². The molecule has 0 aliphatic heterocycles. The molecule has 6 atom stereocenters. The number of phosphoric acid groups is 2. The molecule has 0 saturated heterocycles. The van der Waals surface area contributed by atoms with Crippen LogP contribution in [-0.2, 0) is 65.4 Å². The van der Waals surface area contributed by atoms with E-state index in [4.69, 9.17) is 37.0 Å². The molecule has 0 fully saturated rings. The average Bonchev–Trinajstić information content (AvgIpc) is 1.32. The molecule has 0 heterocycles. The zero-order chi connectivity index (χ0) is 69.1. The Bertz CT molecular complexity index is 1810. The van der Waals surface area contributed by atoms with Gasteiger partial charge in [0.15, 0.2) is 12.2 Å². The van der Waals surface area contributed by atoms with Crippen LogP contribution in [-0.4, -0.2) is 96.7 Å². The molecule has 0 bridgehead atoms. The van der Waals surface area contributed by atoms with Gasteiger partial charge in [-0.1, -0.05) is 343 Å². The summed E-state index contributed by atoms with van der Waals surface area (Å²) in [6, 6.07) is 0. The molecule has 3 unspecified atom stereocenters. The molecular weight excluding hydrogens is 1230 g/mol. The number of aliphatic hydroxyl groups excluding tert-OH is 1. The van der Waals surface area contributed by atoms with Crippen LogP contribution in [0.5, 0.6) is 0 Å². The molecule has 0 rings (SSSR count). The van der Waals surface area contributed by atoms with Crippen LogP contribution in [0.3, 0.4) is 0 Å². The van der Waals surface area contributed by atoms with Crippen molar-refractivity contribution in [2.24, 2.45) is 5.92 Å². The van der Waals surface area contributed by atoms with E-state index in [0.717, 1.165) is 102 Å². The summed E-state index contributed by atoms with van der Waals surface area (Å²) in [4.78, 5) is 72.7. The number of aliphatic hydroxyl groups is 1. The average molecular weight is 1380 g/mol. The fourth-order valence-corrected chi connectivity index (χ4v) is 13.1. The summed E-state index contributed by atoms with van der Waals surface area (Å²) in [5.41, 5.74) is 0. The molecule has 0 aromatic heterocycles. The SMILES string of the molecule is CCCCCCCCCCCCCCCCCC(=O)OC[C@H](COP(=O)(O)OC[C@@H](O)COP(=O)(O)OC[C@@H](COC(=O)CCCCCCCCCC)OC(=O)CCCCCCCCCCCCCCC)OC(=O)CCCCCCCCCCCCCCCCC(C)CC. The van der Waals surface area contributed by atoms with Gasteiger partial charge in [0.2, 0.25) is 0 Å². The smallest absolute Gasteiger partial charge is 0.462 e. The standard InChI is InChI=1S/C75H146O17P2/c1-6-10-13-16-19-22-24-26-27-32-35-39-44-49-54-59-73(78)86-65-71(92-75(80)61-56-51-46-41-37-33-29-28-31-34-38-42-47-52-57-68(5)9-4)67-90-94(83,84)88-63-69(76)62-87-93(81,82)89-66-70(64-85-72(77)58-53-48-43-21-18-15-12-8-3)91-74(79)60-55-50-45-40-36-30-25-23-20-17-14-11-7-2/h68-71,76H,6-67H2,1-5H3,(H,81,82)(H,83,84)/t68?,69-,70+,71+/m0/s1. The Balaban J connectivity index is 5.21. The summed E-state index contributed by atoms with van der Waals surface area (Å²) >= 11 is 0. The van der Waals surface area contributed by atoms with Crippen LogP contribution < -0.4 is 0 Å². The molecule has 0 aliphatic rings. The van der Waals surface area contributed by atoms with Crippen molar-refractivity contribution in [3.8, 4) is 0 Å². The van der Waals surface area contributed by atoms with Crippen molar-refractivity contribution in [1.82, 2.24) is 0 Å². The van der Waals surface area contributed by atoms with E-state index in [1.54, 1.807) is 0 Å². The van der Waals surface area contributed by atoms with E-state index < -0.39 is 97.5 Å². The first-order chi connectivity index (χ1) is 45.6. The van der Waals surface area contributed by atoms with E-state index in [-0.39, 0.29) is 25.7 Å². The quantitative estimate of drug-likeness (QED) is 0.0222. The van der Waals surface area contributed by atoms with Crippen LogP contribution in [0.15, 0.2) is 0 Å². The third-order valence-corrected chi connectivity index (χ3v) is 19.8. The second-order valence-electron chi connectivity index (χ2n) is 27.3. The molecule has 0 radical (unpaired) electrons. The Kier molecular flexibility index (Phi) is 66.8. The molecule has 0 aliphatic carbocycles. The Labute approximate surface area is 575 Å². The number of esters is 4. The highest BCUT2D eigenvalue weighted by Crippen LogP contribution is 2.45. The minimum Gasteiger partial charge on any atom is -0.462 e. The topological polar surface area (TPSA) is 237 Å². The van der Waals surface area contributed by atoms with Gasteiger partial charge >= 0.3 is 39.5 Å². The van der Waals surface area contributed by atoms with Crippen molar-refractivity contribution in [3.63, 3.8) is 0 Å². The first kappa shape index (κ1) is 92.1. The van der Waals surface area contributed by atoms with E-state index in [1.165, 1.54) is 212 Å². The highest BCUT2D eigenvalue weighted by atomic mass is 31.2. The molecule has 0 spiro atoms. The highest BCUT2D eigenvalue weighted by molar-refractivity contribution is 7.47. The number of carbonyl (C=O) groups is 4. The van der Waals surface area contributed by atoms with Gasteiger partial charge in [0.25, 0.3) is 0 Å². The maximum atomic E-state index is 13.1. The van der Waals surface area contributed by atoms with E-state index in [2.05, 4.69) is 34.6 Å². The van der Waals surface area contributed by atoms with E-state index in [0.29, 0.717) is 25.7 Å². The number of rotatable bonds is 75. The molecular formula is C75H146O17P2. The molecule has 94 heavy (non-hydrogen) atoms. The van der Waals surface area contributed by atoms with E-state index in [9.17, 15) is 43.2 Å². The predicted octanol–water partition coefficient (Wildman–Crippen LogP) is 22.1. The van der Waals surface area contributed by atoms with Crippen molar-refractivity contribution in [3.05, 3.63) is 0 Å². The van der Waals surface area contributed by atoms with Gasteiger partial charge < -0.3 is 33.8 Å². The van der Waals surface area contributed by atoms with Crippen LogP contribution in [0, 0.1) is 5.92 Å². The largest absolute Gasteiger partial charge is 0.472 e. The predicted molar refractivity (Wildman–Crippen MR) is 382 cm³/mol. The summed E-state index contributed by atoms with van der Waals surface area (Å²) in [5.74, 6) is -1.27. The van der Waals surface area contributed by atoms with Crippen LogP contribution >= 0.6 is 15.6 Å². The van der Waals surface area contributed by atoms with Crippen LogP contribution in [0.2, 0.25) is 0 Å². The zero-order valence-electron chi connectivity index (χ0n) is 61.1. The molecule has 0 aromatic carbocycles. The molecule has 17 nitrogen and oxygen atoms in total. The minimum atomic E-state index is -4.96. The Morgan fingerprint density at radius 2 is 0.511 bits per heavy atom. The summed E-state index contributed by atoms with van der Waals surface area (Å²) in [5, 5.41) is 10.6. The van der Waals surface area contributed by atoms with Gasteiger partial charge in [-0.2, -0.15) is 0 Å². The number of unbranched alkanes of at least 4 members (excludes halogenated alkanes) is 46. The molecule has 19 heteroatoms. The monoisotopic (exact) mass is 1380 g/mol. The number of carbonyl (C=O) groups excluding carboxylic acids is 4. The van der Waals surface area contributed by atoms with E-state index >= 15 is 0 Å². The summed E-state index contributed by atoms with van der Waals surface area (Å²) in [7, 11) is -9.90. The second-order valence-corrected chi connectivity index (χ2v) is 30.2. The minimum absolute atomic E-state index is 0.108. The fraction of sp³-hybridized carbons (Fsp3) is 0.947. The fourth-order valence-electron chi connectivity index (χ4n) is 11.5. The molecule has 0 aromatic rings. The molecule has 3 N–H and O–H groups in total. The van der Waals surface area contributed by atoms with Gasteiger partial charge in [-0.05, 0) is 31.6 Å². The first-order valence-electron chi connectivity index (χ1n) is 39.2. The Hall–Kier alpha value is -1.94. The molecule has 0 saturated carbocycles. The lowest BCUT2D eigenvalue weighted by Gasteiger charge is -2.21. The van der Waals surface area contributed by atoms with Gasteiger partial charge in [-0.15, -0.1) is 0 Å². The van der Waals surface area contributed by atoms with Crippen molar-refractivity contribution in [1.29, 1.82) is 0 Å². The highest BCUT2D eigenvalue weighted by Gasteiger charge is 2.30. The van der Waals surface area contributed by atoms with Gasteiger partial charge in [-0.3, -0.25) is 37.3 Å². The Morgan fingerprint density at radius 1 is 0.298 bits per heavy atom. The van der Waals surface area contributed by atoms with Crippen LogP contribution in [0.4, 0.5) is 0 Å². The maximum absolute atomic E-state index is 13.1. The van der Waals surface area contributed by atoms with Gasteiger partial charge in [0.1, 0.15) is 19.3 Å². The van der Waals surface area contributed by atoms with Crippen molar-refractivity contribution in [2.45, 2.75) is 412 Å². The van der Waals surface area contributed by atoms with Crippen molar-refractivity contribution in [2.75, 3.05) is 39.6 Å². The van der Waals surface area contributed by atoms with E-state index in [1.807, 2.05) is 0 Å². The summed E-state index contributed by atoms with van der Waals surface area (Å²) < 4.78 is 68.4. The lowest BCUT2D eigenvalue weighted by Crippen LogP contribution is -2.30. The first-order valence-corrected chi connectivity index (χ1v) is 42.2. The second kappa shape index (κ2) is 68.2. The zero-order valence-corrected chi connectivity index (χ0v) is 62.9. The van der Waals surface area contributed by atoms with Gasteiger partial charge in [0, 0.05) is 25.7 Å². The summed E-state index contributed by atoms with van der Waals surface area (Å²) in [6.45, 7) is 7.32. The third kappa shape index (κ3) is 67.3. The Morgan fingerprint density at radius 3 is 0.755 bits per heavy atom.